The van der Waals surface area contributed by atoms with E-state index < -0.39 is 12.1 Å². The third-order valence-corrected chi connectivity index (χ3v) is 2.86. The Morgan fingerprint density at radius 2 is 1.55 bits per heavy atom. The molecule has 5 heteroatoms. The number of carboxylic acid groups (broad SMARTS) is 1. The van der Waals surface area contributed by atoms with Crippen LogP contribution in [-0.2, 0) is 16.1 Å². The molecular weight excluding hydrogens is 282 g/mol. The first-order chi connectivity index (χ1) is 10.6. The topological polar surface area (TPSA) is 76.0 Å². The minimum Gasteiger partial charge on any atom is -0.481 e. The number of hydrogen-bond acceptors (Lipinski definition) is 3. The van der Waals surface area contributed by atoms with Crippen molar-refractivity contribution in [2.75, 3.05) is 0 Å². The van der Waals surface area contributed by atoms with Crippen LogP contribution in [0.25, 0.3) is 0 Å². The molecule has 0 fully saturated rings. The minimum atomic E-state index is -1.06. The maximum Gasteiger partial charge on any atom is 0.434 e. The van der Waals surface area contributed by atoms with Gasteiger partial charge in [-0.1, -0.05) is 60.7 Å². The summed E-state index contributed by atoms with van der Waals surface area (Å²) < 4.78 is 5.04. The van der Waals surface area contributed by atoms with Crippen molar-refractivity contribution >= 4 is 17.8 Å². The van der Waals surface area contributed by atoms with Crippen molar-refractivity contribution in [1.29, 1.82) is 0 Å². The highest BCUT2D eigenvalue weighted by molar-refractivity contribution is 6.12. The molecule has 0 radical (unpaired) electrons. The zero-order chi connectivity index (χ0) is 15.8. The molecule has 1 N–H and O–H groups in total. The lowest BCUT2D eigenvalue weighted by Crippen LogP contribution is -2.12. The number of aliphatic imine (C=N–C) groups is 1. The lowest BCUT2D eigenvalue weighted by molar-refractivity contribution is -0.135. The molecule has 0 aliphatic carbocycles. The molecule has 2 aromatic rings. The first-order valence-corrected chi connectivity index (χ1v) is 6.70. The summed E-state index contributed by atoms with van der Waals surface area (Å²) in [7, 11) is 0. The maximum absolute atomic E-state index is 11.8. The van der Waals surface area contributed by atoms with Crippen LogP contribution >= 0.6 is 0 Å². The Balaban J connectivity index is 2.08. The number of nitrogens with zero attached hydrogens (tertiary/aromatic N) is 1. The largest absolute Gasteiger partial charge is 0.481 e. The molecule has 0 aromatic heterocycles. The monoisotopic (exact) mass is 297 g/mol. The fourth-order valence-corrected chi connectivity index (χ4v) is 1.84. The normalized spacial score (nSPS) is 11.0. The van der Waals surface area contributed by atoms with Crippen LogP contribution in [0.3, 0.4) is 0 Å². The SMILES string of the molecule is O=C(O)CC(=NC(=O)OCc1ccccc1)c1ccccc1. The Morgan fingerprint density at radius 1 is 0.955 bits per heavy atom. The van der Waals surface area contributed by atoms with E-state index in [1.807, 2.05) is 30.3 Å². The highest BCUT2D eigenvalue weighted by Crippen LogP contribution is 2.07. The van der Waals surface area contributed by atoms with Crippen molar-refractivity contribution in [1.82, 2.24) is 0 Å². The second-order valence-electron chi connectivity index (χ2n) is 4.54. The van der Waals surface area contributed by atoms with Gasteiger partial charge in [0.25, 0.3) is 0 Å². The van der Waals surface area contributed by atoms with Crippen molar-refractivity contribution in [3.05, 3.63) is 71.8 Å². The third kappa shape index (κ3) is 4.86. The Bertz CT molecular complexity index is 666. The second kappa shape index (κ2) is 7.73. The van der Waals surface area contributed by atoms with Gasteiger partial charge in [-0.15, -0.1) is 0 Å². The van der Waals surface area contributed by atoms with Crippen LogP contribution in [0.5, 0.6) is 0 Å². The molecular formula is C17H15NO4. The van der Waals surface area contributed by atoms with E-state index in [9.17, 15) is 9.59 Å². The van der Waals surface area contributed by atoms with E-state index in [-0.39, 0.29) is 18.7 Å². The summed E-state index contributed by atoms with van der Waals surface area (Å²) in [6.07, 6.45) is -1.14. The molecule has 0 atom stereocenters. The number of carboxylic acids is 1. The van der Waals surface area contributed by atoms with Crippen LogP contribution in [0.1, 0.15) is 17.5 Å². The summed E-state index contributed by atoms with van der Waals surface area (Å²) >= 11 is 0. The minimum absolute atomic E-state index is 0.0956. The molecule has 0 aliphatic heterocycles. The molecule has 0 aliphatic rings. The van der Waals surface area contributed by atoms with Crippen LogP contribution in [0.15, 0.2) is 65.7 Å². The van der Waals surface area contributed by atoms with E-state index in [0.717, 1.165) is 5.56 Å². The smallest absolute Gasteiger partial charge is 0.434 e. The molecule has 2 aromatic carbocycles. The lowest BCUT2D eigenvalue weighted by Gasteiger charge is -2.05. The van der Waals surface area contributed by atoms with Gasteiger partial charge in [0, 0.05) is 0 Å². The predicted octanol–water partition coefficient (Wildman–Crippen LogP) is 3.29. The highest BCUT2D eigenvalue weighted by Gasteiger charge is 2.11. The molecule has 0 heterocycles. The molecule has 0 bridgehead atoms. The van der Waals surface area contributed by atoms with Gasteiger partial charge in [-0.25, -0.2) is 4.79 Å². The Morgan fingerprint density at radius 3 is 2.14 bits per heavy atom. The quantitative estimate of drug-likeness (QED) is 0.859. The van der Waals surface area contributed by atoms with Crippen LogP contribution in [0.4, 0.5) is 4.79 Å². The van der Waals surface area contributed by atoms with E-state index >= 15 is 0 Å². The summed E-state index contributed by atoms with van der Waals surface area (Å²) in [5.41, 5.74) is 1.60. The average Bonchev–Trinajstić information content (AvgIpc) is 2.54. The van der Waals surface area contributed by atoms with Crippen LogP contribution in [0, 0.1) is 0 Å². The van der Waals surface area contributed by atoms with E-state index in [2.05, 4.69) is 4.99 Å². The average molecular weight is 297 g/mol. The van der Waals surface area contributed by atoms with E-state index in [4.69, 9.17) is 9.84 Å². The summed E-state index contributed by atoms with van der Waals surface area (Å²) in [4.78, 5) is 26.5. The van der Waals surface area contributed by atoms with Gasteiger partial charge >= 0.3 is 12.1 Å². The number of amides is 1. The first kappa shape index (κ1) is 15.4. The van der Waals surface area contributed by atoms with Crippen molar-refractivity contribution in [3.8, 4) is 0 Å². The van der Waals surface area contributed by atoms with Crippen molar-refractivity contribution < 1.29 is 19.4 Å². The number of ether oxygens (including phenoxy) is 1. The number of rotatable bonds is 5. The Kier molecular flexibility index (Phi) is 5.43. The van der Waals surface area contributed by atoms with Gasteiger partial charge in [-0.2, -0.15) is 4.99 Å². The van der Waals surface area contributed by atoms with Crippen LogP contribution in [0.2, 0.25) is 0 Å². The Hall–Kier alpha value is -2.95. The molecule has 2 rings (SSSR count). The Labute approximate surface area is 127 Å². The summed E-state index contributed by atoms with van der Waals surface area (Å²) in [5.74, 6) is -1.06. The third-order valence-electron chi connectivity index (χ3n) is 2.86. The van der Waals surface area contributed by atoms with Crippen molar-refractivity contribution in [2.45, 2.75) is 13.0 Å². The van der Waals surface area contributed by atoms with Gasteiger partial charge in [0.2, 0.25) is 0 Å². The lowest BCUT2D eigenvalue weighted by atomic mass is 10.1. The molecule has 0 saturated carbocycles. The standard InChI is InChI=1S/C17H15NO4/c19-16(20)11-15(14-9-5-2-6-10-14)18-17(21)22-12-13-7-3-1-4-8-13/h1-10H,11-12H2,(H,19,20). The zero-order valence-corrected chi connectivity index (χ0v) is 11.8. The van der Waals surface area contributed by atoms with Gasteiger partial charge in [-0.3, -0.25) is 4.79 Å². The second-order valence-corrected chi connectivity index (χ2v) is 4.54. The van der Waals surface area contributed by atoms with Gasteiger partial charge < -0.3 is 9.84 Å². The summed E-state index contributed by atoms with van der Waals surface area (Å²) in [6, 6.07) is 17.9. The zero-order valence-electron chi connectivity index (χ0n) is 11.8. The summed E-state index contributed by atoms with van der Waals surface area (Å²) in [6.45, 7) is 0.0956. The number of aliphatic carboxylic acids is 1. The number of benzene rings is 2. The van der Waals surface area contributed by atoms with E-state index in [1.165, 1.54) is 0 Å². The number of carbonyl (C=O) groups is 2. The fraction of sp³-hybridized carbons (Fsp3) is 0.118. The molecule has 0 saturated heterocycles. The number of carbonyl (C=O) groups excluding carboxylic acids is 1. The van der Waals surface area contributed by atoms with Gasteiger partial charge in [0.15, 0.2) is 0 Å². The van der Waals surface area contributed by atoms with Gasteiger partial charge in [-0.05, 0) is 11.1 Å². The first-order valence-electron chi connectivity index (χ1n) is 6.70. The van der Waals surface area contributed by atoms with Crippen LogP contribution < -0.4 is 0 Å². The van der Waals surface area contributed by atoms with Crippen LogP contribution in [-0.4, -0.2) is 22.9 Å². The van der Waals surface area contributed by atoms with E-state index in [1.54, 1.807) is 30.3 Å². The predicted molar refractivity (Wildman–Crippen MR) is 81.9 cm³/mol. The van der Waals surface area contributed by atoms with Gasteiger partial charge in [0.05, 0.1) is 12.1 Å². The maximum atomic E-state index is 11.8. The van der Waals surface area contributed by atoms with Crippen molar-refractivity contribution in [2.24, 2.45) is 4.99 Å². The molecule has 22 heavy (non-hydrogen) atoms. The van der Waals surface area contributed by atoms with E-state index in [0.29, 0.717) is 5.56 Å². The molecule has 5 nitrogen and oxygen atoms in total. The summed E-state index contributed by atoms with van der Waals surface area (Å²) in [5, 5.41) is 8.93. The van der Waals surface area contributed by atoms with Gasteiger partial charge in [0.1, 0.15) is 6.61 Å². The highest BCUT2D eigenvalue weighted by atomic mass is 16.5. The molecule has 0 unspecified atom stereocenters. The fourth-order valence-electron chi connectivity index (χ4n) is 1.84. The molecule has 0 spiro atoms. The molecule has 112 valence electrons. The number of hydrogen-bond donors (Lipinski definition) is 1. The molecule has 1 amide bonds. The van der Waals surface area contributed by atoms with Crippen molar-refractivity contribution in [3.63, 3.8) is 0 Å².